The average Bonchev–Trinajstić information content (AvgIpc) is 2.70. The maximum atomic E-state index is 12.6. The lowest BCUT2D eigenvalue weighted by Gasteiger charge is -2.26. The van der Waals surface area contributed by atoms with E-state index >= 15 is 0 Å². The van der Waals surface area contributed by atoms with Crippen LogP contribution in [0.1, 0.15) is 40.0 Å². The van der Waals surface area contributed by atoms with Crippen molar-refractivity contribution in [2.45, 2.75) is 64.2 Å². The van der Waals surface area contributed by atoms with Gasteiger partial charge in [-0.2, -0.15) is 11.8 Å². The number of carbonyl (C=O) groups is 4. The van der Waals surface area contributed by atoms with Gasteiger partial charge in [0.15, 0.2) is 5.96 Å². The highest BCUT2D eigenvalue weighted by atomic mass is 32.2. The van der Waals surface area contributed by atoms with Crippen molar-refractivity contribution in [1.82, 2.24) is 16.0 Å². The van der Waals surface area contributed by atoms with Crippen molar-refractivity contribution in [2.75, 3.05) is 18.6 Å². The fourth-order valence-corrected chi connectivity index (χ4v) is 3.08. The van der Waals surface area contributed by atoms with Crippen molar-refractivity contribution in [3.63, 3.8) is 0 Å². The number of guanidine groups is 1. The Kier molecular flexibility index (Phi) is 14.1. The Balaban J connectivity index is 4.85. The van der Waals surface area contributed by atoms with Gasteiger partial charge in [0.25, 0.3) is 0 Å². The average molecular weight is 476 g/mol. The maximum absolute atomic E-state index is 12.6. The molecule has 0 aromatic heterocycles. The molecule has 12 nitrogen and oxygen atoms in total. The van der Waals surface area contributed by atoms with Crippen molar-refractivity contribution in [3.8, 4) is 0 Å². The quantitative estimate of drug-likeness (QED) is 0.0817. The Morgan fingerprint density at radius 2 is 1.59 bits per heavy atom. The Hall–Kier alpha value is -2.54. The predicted octanol–water partition coefficient (Wildman–Crippen LogP) is -1.66. The summed E-state index contributed by atoms with van der Waals surface area (Å²) in [5.41, 5.74) is 16.3. The highest BCUT2D eigenvalue weighted by Gasteiger charge is 2.30. The van der Waals surface area contributed by atoms with Gasteiger partial charge in [0.05, 0.1) is 6.04 Å². The number of thioether (sulfide) groups is 1. The lowest BCUT2D eigenvalue weighted by molar-refractivity contribution is -0.142. The number of hydrogen-bond donors (Lipinski definition) is 7. The molecule has 0 aliphatic rings. The molecule has 4 unspecified atom stereocenters. The van der Waals surface area contributed by atoms with E-state index in [0.29, 0.717) is 25.1 Å². The van der Waals surface area contributed by atoms with E-state index in [9.17, 15) is 24.3 Å². The molecule has 0 fully saturated rings. The van der Waals surface area contributed by atoms with Gasteiger partial charge in [0.2, 0.25) is 17.7 Å². The van der Waals surface area contributed by atoms with E-state index in [1.807, 2.05) is 6.26 Å². The van der Waals surface area contributed by atoms with Gasteiger partial charge in [0.1, 0.15) is 18.1 Å². The molecule has 0 aromatic rings. The minimum absolute atomic E-state index is 0.0454. The molecule has 0 bridgehead atoms. The van der Waals surface area contributed by atoms with Gasteiger partial charge in [-0.15, -0.1) is 0 Å². The molecule has 3 amide bonds. The maximum Gasteiger partial charge on any atom is 0.326 e. The fourth-order valence-electron chi connectivity index (χ4n) is 2.60. The van der Waals surface area contributed by atoms with E-state index in [4.69, 9.17) is 17.2 Å². The summed E-state index contributed by atoms with van der Waals surface area (Å²) in [4.78, 5) is 52.6. The van der Waals surface area contributed by atoms with Gasteiger partial charge in [-0.25, -0.2) is 4.79 Å². The number of carbonyl (C=O) groups excluding carboxylic acids is 3. The van der Waals surface area contributed by atoms with Crippen LogP contribution < -0.4 is 33.2 Å². The van der Waals surface area contributed by atoms with Crippen molar-refractivity contribution < 1.29 is 24.3 Å². The third-order valence-electron chi connectivity index (χ3n) is 4.53. The van der Waals surface area contributed by atoms with E-state index in [-0.39, 0.29) is 18.3 Å². The van der Waals surface area contributed by atoms with Crippen molar-refractivity contribution in [3.05, 3.63) is 0 Å². The zero-order chi connectivity index (χ0) is 24.8. The minimum Gasteiger partial charge on any atom is -0.480 e. The number of aliphatic carboxylic acids is 1. The number of nitrogens with zero attached hydrogens (tertiary/aromatic N) is 1. The van der Waals surface area contributed by atoms with Gasteiger partial charge < -0.3 is 38.3 Å². The van der Waals surface area contributed by atoms with Crippen LogP contribution in [0.5, 0.6) is 0 Å². The van der Waals surface area contributed by atoms with Gasteiger partial charge in [0, 0.05) is 6.54 Å². The number of nitrogens with two attached hydrogens (primary N) is 3. The first kappa shape index (κ1) is 29.5. The molecule has 32 heavy (non-hydrogen) atoms. The van der Waals surface area contributed by atoms with Crippen LogP contribution in [-0.4, -0.2) is 77.5 Å². The minimum atomic E-state index is -1.14. The summed E-state index contributed by atoms with van der Waals surface area (Å²) in [5, 5.41) is 16.9. The number of carboxylic acids is 1. The Morgan fingerprint density at radius 1 is 0.969 bits per heavy atom. The van der Waals surface area contributed by atoms with Gasteiger partial charge >= 0.3 is 5.97 Å². The molecule has 4 atom stereocenters. The number of aliphatic imine (C=N–C) groups is 1. The summed E-state index contributed by atoms with van der Waals surface area (Å²) >= 11 is 1.47. The van der Waals surface area contributed by atoms with Crippen LogP contribution in [0.25, 0.3) is 0 Å². The van der Waals surface area contributed by atoms with E-state index in [2.05, 4.69) is 20.9 Å². The summed E-state index contributed by atoms with van der Waals surface area (Å²) in [6.45, 7) is 5.24. The number of nitrogens with one attached hydrogen (secondary N) is 3. The zero-order valence-electron chi connectivity index (χ0n) is 19.1. The number of rotatable bonds is 15. The second-order valence-corrected chi connectivity index (χ2v) is 8.68. The molecule has 0 rings (SSSR count). The van der Waals surface area contributed by atoms with Crippen LogP contribution >= 0.6 is 11.8 Å². The second kappa shape index (κ2) is 15.3. The van der Waals surface area contributed by atoms with Gasteiger partial charge in [-0.3, -0.25) is 19.4 Å². The largest absolute Gasteiger partial charge is 0.480 e. The lowest BCUT2D eigenvalue weighted by Crippen LogP contribution is -2.57. The van der Waals surface area contributed by atoms with Crippen molar-refractivity contribution in [1.29, 1.82) is 0 Å². The first-order chi connectivity index (χ1) is 14.9. The number of carboxylic acid groups (broad SMARTS) is 1. The monoisotopic (exact) mass is 475 g/mol. The molecule has 0 saturated carbocycles. The normalized spacial score (nSPS) is 14.6. The van der Waals surface area contributed by atoms with Crippen LogP contribution in [0.4, 0.5) is 0 Å². The molecular formula is C19H37N7O5S. The summed E-state index contributed by atoms with van der Waals surface area (Å²) in [6, 6.07) is -3.82. The highest BCUT2D eigenvalue weighted by molar-refractivity contribution is 7.98. The molecule has 0 radical (unpaired) electrons. The molecule has 0 aromatic carbocycles. The Bertz CT molecular complexity index is 670. The second-order valence-electron chi connectivity index (χ2n) is 7.70. The molecule has 10 N–H and O–H groups in total. The summed E-state index contributed by atoms with van der Waals surface area (Å²) < 4.78 is 0. The fraction of sp³-hybridized carbons (Fsp3) is 0.737. The molecule has 184 valence electrons. The molecule has 0 aliphatic heterocycles. The zero-order valence-corrected chi connectivity index (χ0v) is 19.9. The molecule has 0 aliphatic carbocycles. The first-order valence-electron chi connectivity index (χ1n) is 10.3. The SMILES string of the molecule is CSCCC(NC(=O)C(NC(=O)C(C)NC(=O)C(N)CCCN=C(N)N)C(C)C)C(=O)O. The van der Waals surface area contributed by atoms with E-state index in [0.717, 1.165) is 0 Å². The Labute approximate surface area is 192 Å². The van der Waals surface area contributed by atoms with Crippen LogP contribution in [0.3, 0.4) is 0 Å². The van der Waals surface area contributed by atoms with Crippen LogP contribution in [0.15, 0.2) is 4.99 Å². The highest BCUT2D eigenvalue weighted by Crippen LogP contribution is 2.06. The van der Waals surface area contributed by atoms with Crippen molar-refractivity contribution in [2.24, 2.45) is 28.1 Å². The van der Waals surface area contributed by atoms with Crippen molar-refractivity contribution >= 4 is 41.4 Å². The van der Waals surface area contributed by atoms with Crippen LogP contribution in [0, 0.1) is 5.92 Å². The van der Waals surface area contributed by atoms with E-state index < -0.39 is 47.9 Å². The molecular weight excluding hydrogens is 438 g/mol. The summed E-state index contributed by atoms with van der Waals surface area (Å²) in [7, 11) is 0. The third-order valence-corrected chi connectivity index (χ3v) is 5.17. The molecule has 0 spiro atoms. The lowest BCUT2D eigenvalue weighted by atomic mass is 10.0. The van der Waals surface area contributed by atoms with Crippen LogP contribution in [-0.2, 0) is 19.2 Å². The third kappa shape index (κ3) is 11.7. The van der Waals surface area contributed by atoms with E-state index in [1.165, 1.54) is 18.7 Å². The molecule has 0 heterocycles. The van der Waals surface area contributed by atoms with E-state index in [1.54, 1.807) is 13.8 Å². The summed E-state index contributed by atoms with van der Waals surface area (Å²) in [5.74, 6) is -2.65. The molecule has 13 heteroatoms. The predicted molar refractivity (Wildman–Crippen MR) is 125 cm³/mol. The Morgan fingerprint density at radius 3 is 2.09 bits per heavy atom. The topological polar surface area (TPSA) is 215 Å². The van der Waals surface area contributed by atoms with Crippen LogP contribution in [0.2, 0.25) is 0 Å². The standard InChI is InChI=1S/C19H37N7O5S/c1-10(2)14(17(29)25-13(18(30)31)7-9-32-4)26-15(27)11(3)24-16(28)12(20)6-5-8-23-19(21)22/h10-14H,5-9,20H2,1-4H3,(H,24,28)(H,25,29)(H,26,27)(H,30,31)(H4,21,22,23). The van der Waals surface area contributed by atoms with Gasteiger partial charge in [-0.05, 0) is 44.1 Å². The smallest absolute Gasteiger partial charge is 0.326 e. The first-order valence-corrected chi connectivity index (χ1v) is 11.7. The number of hydrogen-bond acceptors (Lipinski definition) is 7. The molecule has 0 saturated heterocycles. The number of amides is 3. The van der Waals surface area contributed by atoms with Gasteiger partial charge in [-0.1, -0.05) is 13.8 Å². The summed E-state index contributed by atoms with van der Waals surface area (Å²) in [6.07, 6.45) is 2.91.